The molecule has 0 atom stereocenters. The van der Waals surface area contributed by atoms with E-state index in [4.69, 9.17) is 9.47 Å². The molecule has 0 bridgehead atoms. The van der Waals surface area contributed by atoms with Crippen LogP contribution in [0.1, 0.15) is 30.6 Å². The topological polar surface area (TPSA) is 78.3 Å². The van der Waals surface area contributed by atoms with E-state index < -0.39 is 5.97 Å². The second-order valence-corrected chi connectivity index (χ2v) is 5.14. The fraction of sp³-hybridized carbons (Fsp3) is 0.438. The molecule has 0 spiro atoms. The third-order valence-corrected chi connectivity index (χ3v) is 3.53. The minimum atomic E-state index is -0.415. The van der Waals surface area contributed by atoms with Gasteiger partial charge in [-0.2, -0.15) is 5.10 Å². The number of nitrogens with one attached hydrogen (secondary N) is 1. The summed E-state index contributed by atoms with van der Waals surface area (Å²) in [5.74, 6) is 0.857. The van der Waals surface area contributed by atoms with Crippen molar-refractivity contribution in [2.24, 2.45) is 0 Å². The van der Waals surface area contributed by atoms with Crippen LogP contribution in [0.2, 0.25) is 0 Å². The first-order valence-electron chi connectivity index (χ1n) is 7.85. The number of hydrogen-bond donors (Lipinski definition) is 1. The number of aryl methyl sites for hydroxylation is 1. The van der Waals surface area contributed by atoms with Crippen molar-refractivity contribution in [3.05, 3.63) is 23.9 Å². The van der Waals surface area contributed by atoms with Gasteiger partial charge in [-0.15, -0.1) is 0 Å². The van der Waals surface area contributed by atoms with Gasteiger partial charge in [0.15, 0.2) is 0 Å². The van der Waals surface area contributed by atoms with Crippen LogP contribution in [-0.2, 0) is 11.3 Å². The Morgan fingerprint density at radius 2 is 2.30 bits per heavy atom. The van der Waals surface area contributed by atoms with Crippen molar-refractivity contribution < 1.29 is 14.3 Å². The van der Waals surface area contributed by atoms with E-state index in [1.165, 1.54) is 0 Å². The van der Waals surface area contributed by atoms with Crippen molar-refractivity contribution in [3.63, 3.8) is 0 Å². The third-order valence-electron chi connectivity index (χ3n) is 3.53. The van der Waals surface area contributed by atoms with Gasteiger partial charge in [0.05, 0.1) is 13.2 Å². The van der Waals surface area contributed by atoms with Crippen molar-refractivity contribution >= 4 is 11.8 Å². The van der Waals surface area contributed by atoms with Gasteiger partial charge in [-0.05, 0) is 26.0 Å². The summed E-state index contributed by atoms with van der Waals surface area (Å²) in [5.41, 5.74) is 1.70. The molecule has 0 saturated heterocycles. The summed E-state index contributed by atoms with van der Waals surface area (Å²) in [4.78, 5) is 16.7. The number of nitrogens with zero attached hydrogens (tertiary/aromatic N) is 3. The first-order valence-corrected chi connectivity index (χ1v) is 7.85. The van der Waals surface area contributed by atoms with Gasteiger partial charge in [0.25, 0.3) is 0 Å². The highest BCUT2D eigenvalue weighted by Gasteiger charge is 2.29. The standard InChI is InChI=1S/C16H20N4O3/c1-3-17-12-7-6-11(10-18-12)14-13(16(21)22-4-2)15-20(19-14)8-5-9-23-15/h6-7,10H,3-5,8-9H2,1-2H3,(H,17,18). The Hall–Kier alpha value is -2.57. The van der Waals surface area contributed by atoms with Crippen LogP contribution in [0.4, 0.5) is 5.82 Å². The lowest BCUT2D eigenvalue weighted by Crippen LogP contribution is -2.16. The first-order chi connectivity index (χ1) is 11.2. The fourth-order valence-electron chi connectivity index (χ4n) is 2.54. The molecule has 7 heteroatoms. The predicted molar refractivity (Wildman–Crippen MR) is 85.7 cm³/mol. The molecule has 3 heterocycles. The summed E-state index contributed by atoms with van der Waals surface area (Å²) >= 11 is 0. The van der Waals surface area contributed by atoms with E-state index in [1.54, 1.807) is 17.8 Å². The number of rotatable bonds is 5. The van der Waals surface area contributed by atoms with Crippen LogP contribution in [0.25, 0.3) is 11.3 Å². The number of carbonyl (C=O) groups is 1. The maximum absolute atomic E-state index is 12.4. The van der Waals surface area contributed by atoms with Crippen molar-refractivity contribution in [1.82, 2.24) is 14.8 Å². The Kier molecular flexibility index (Phi) is 4.45. The second kappa shape index (κ2) is 6.68. The fourth-order valence-corrected chi connectivity index (χ4v) is 2.54. The number of pyridine rings is 1. The average Bonchev–Trinajstić information content (AvgIpc) is 2.95. The minimum absolute atomic E-state index is 0.306. The molecule has 3 rings (SSSR count). The molecule has 0 radical (unpaired) electrons. The zero-order valence-corrected chi connectivity index (χ0v) is 13.3. The molecule has 2 aromatic heterocycles. The Bertz CT molecular complexity index is 694. The summed E-state index contributed by atoms with van der Waals surface area (Å²) in [7, 11) is 0. The molecular weight excluding hydrogens is 296 g/mol. The molecular formula is C16H20N4O3. The number of carbonyl (C=O) groups excluding carboxylic acids is 1. The lowest BCUT2D eigenvalue weighted by Gasteiger charge is -2.15. The molecule has 1 aliphatic heterocycles. The molecule has 0 unspecified atom stereocenters. The van der Waals surface area contributed by atoms with Crippen molar-refractivity contribution in [2.45, 2.75) is 26.8 Å². The Labute approximate surface area is 134 Å². The Morgan fingerprint density at radius 3 is 3.00 bits per heavy atom. The van der Waals surface area contributed by atoms with E-state index in [1.807, 2.05) is 19.1 Å². The molecule has 0 aliphatic carbocycles. The lowest BCUT2D eigenvalue weighted by atomic mass is 10.1. The summed E-state index contributed by atoms with van der Waals surface area (Å²) in [6, 6.07) is 3.76. The van der Waals surface area contributed by atoms with E-state index in [0.29, 0.717) is 30.4 Å². The molecule has 0 fully saturated rings. The number of esters is 1. The lowest BCUT2D eigenvalue weighted by molar-refractivity contribution is 0.0520. The smallest absolute Gasteiger partial charge is 0.345 e. The van der Waals surface area contributed by atoms with Crippen LogP contribution in [-0.4, -0.2) is 40.5 Å². The highest BCUT2D eigenvalue weighted by molar-refractivity contribution is 5.98. The highest BCUT2D eigenvalue weighted by Crippen LogP contribution is 2.33. The first kappa shape index (κ1) is 15.3. The molecule has 0 saturated carbocycles. The van der Waals surface area contributed by atoms with Crippen molar-refractivity contribution in [1.29, 1.82) is 0 Å². The normalized spacial score (nSPS) is 13.1. The van der Waals surface area contributed by atoms with Gasteiger partial charge in [-0.25, -0.2) is 14.5 Å². The molecule has 1 N–H and O–H groups in total. The molecule has 7 nitrogen and oxygen atoms in total. The van der Waals surface area contributed by atoms with E-state index in [2.05, 4.69) is 15.4 Å². The largest absolute Gasteiger partial charge is 0.477 e. The number of aromatic nitrogens is 3. The molecule has 122 valence electrons. The van der Waals surface area contributed by atoms with Crippen LogP contribution in [0.5, 0.6) is 5.88 Å². The number of anilines is 1. The third kappa shape index (κ3) is 2.99. The summed E-state index contributed by atoms with van der Waals surface area (Å²) in [6.45, 7) is 6.20. The second-order valence-electron chi connectivity index (χ2n) is 5.14. The summed E-state index contributed by atoms with van der Waals surface area (Å²) in [5, 5.41) is 7.67. The van der Waals surface area contributed by atoms with Gasteiger partial charge in [0.1, 0.15) is 17.1 Å². The van der Waals surface area contributed by atoms with Gasteiger partial charge in [0.2, 0.25) is 5.88 Å². The maximum Gasteiger partial charge on any atom is 0.345 e. The molecule has 0 aromatic carbocycles. The number of hydrogen-bond acceptors (Lipinski definition) is 6. The number of fused-ring (bicyclic) bond motifs is 1. The van der Waals surface area contributed by atoms with E-state index in [0.717, 1.165) is 30.9 Å². The van der Waals surface area contributed by atoms with Crippen molar-refractivity contribution in [3.8, 4) is 17.1 Å². The molecule has 0 amide bonds. The van der Waals surface area contributed by atoms with Crippen LogP contribution in [0.3, 0.4) is 0 Å². The van der Waals surface area contributed by atoms with Crippen LogP contribution >= 0.6 is 0 Å². The van der Waals surface area contributed by atoms with Gasteiger partial charge in [-0.3, -0.25) is 0 Å². The molecule has 23 heavy (non-hydrogen) atoms. The summed E-state index contributed by atoms with van der Waals surface area (Å²) in [6.07, 6.45) is 2.57. The molecule has 1 aliphatic rings. The highest BCUT2D eigenvalue weighted by atomic mass is 16.5. The van der Waals surface area contributed by atoms with E-state index in [9.17, 15) is 4.79 Å². The van der Waals surface area contributed by atoms with Gasteiger partial charge in [0, 0.05) is 31.3 Å². The van der Waals surface area contributed by atoms with Crippen LogP contribution in [0, 0.1) is 0 Å². The predicted octanol–water partition coefficient (Wildman–Crippen LogP) is 2.34. The zero-order chi connectivity index (χ0) is 16.2. The van der Waals surface area contributed by atoms with Gasteiger partial charge >= 0.3 is 5.97 Å². The Morgan fingerprint density at radius 1 is 1.43 bits per heavy atom. The molecule has 2 aromatic rings. The quantitative estimate of drug-likeness (QED) is 0.853. The van der Waals surface area contributed by atoms with Crippen LogP contribution < -0.4 is 10.1 Å². The van der Waals surface area contributed by atoms with Gasteiger partial charge in [-0.1, -0.05) is 0 Å². The SMILES string of the molecule is CCNc1ccc(-c2nn3c(c2C(=O)OCC)OCCC3)cn1. The zero-order valence-electron chi connectivity index (χ0n) is 13.3. The minimum Gasteiger partial charge on any atom is -0.477 e. The number of ether oxygens (including phenoxy) is 2. The van der Waals surface area contributed by atoms with E-state index in [-0.39, 0.29) is 0 Å². The van der Waals surface area contributed by atoms with Gasteiger partial charge < -0.3 is 14.8 Å². The monoisotopic (exact) mass is 316 g/mol. The van der Waals surface area contributed by atoms with E-state index >= 15 is 0 Å². The van der Waals surface area contributed by atoms with Crippen molar-refractivity contribution in [2.75, 3.05) is 25.1 Å². The maximum atomic E-state index is 12.4. The Balaban J connectivity index is 2.03. The average molecular weight is 316 g/mol. The summed E-state index contributed by atoms with van der Waals surface area (Å²) < 4.78 is 12.6. The van der Waals surface area contributed by atoms with Crippen LogP contribution in [0.15, 0.2) is 18.3 Å².